The lowest BCUT2D eigenvalue weighted by molar-refractivity contribution is -0.137. The van der Waals surface area contributed by atoms with Crippen molar-refractivity contribution in [3.63, 3.8) is 0 Å². The molecule has 0 amide bonds. The van der Waals surface area contributed by atoms with Crippen LogP contribution >= 0.6 is 23.2 Å². The molecule has 0 radical (unpaired) electrons. The molecule has 1 aliphatic rings. The average molecular weight is 418 g/mol. The zero-order valence-corrected chi connectivity index (χ0v) is 17.0. The number of ether oxygens (including phenoxy) is 2. The number of rotatable bonds is 4. The molecule has 0 fully saturated rings. The molecule has 5 nitrogen and oxygen atoms in total. The summed E-state index contributed by atoms with van der Waals surface area (Å²) in [5.41, 5.74) is 2.12. The van der Waals surface area contributed by atoms with Gasteiger partial charge in [-0.25, -0.2) is 4.79 Å². The maximum absolute atomic E-state index is 13.0. The summed E-state index contributed by atoms with van der Waals surface area (Å²) in [7, 11) is 2.82. The van der Waals surface area contributed by atoms with Crippen LogP contribution < -0.4 is 9.64 Å². The van der Waals surface area contributed by atoms with E-state index in [1.54, 1.807) is 55.3 Å². The van der Waals surface area contributed by atoms with Crippen molar-refractivity contribution in [3.8, 4) is 5.75 Å². The summed E-state index contributed by atoms with van der Waals surface area (Å²) >= 11 is 12.2. The number of hydrogen-bond acceptors (Lipinski definition) is 5. The molecule has 0 aliphatic carbocycles. The smallest absolute Gasteiger partial charge is 0.343 e. The predicted molar refractivity (Wildman–Crippen MR) is 110 cm³/mol. The van der Waals surface area contributed by atoms with Gasteiger partial charge in [0.1, 0.15) is 11.3 Å². The van der Waals surface area contributed by atoms with E-state index in [0.717, 1.165) is 5.56 Å². The van der Waals surface area contributed by atoms with Crippen molar-refractivity contribution in [2.45, 2.75) is 6.92 Å². The molecule has 7 heteroatoms. The van der Waals surface area contributed by atoms with E-state index in [0.29, 0.717) is 32.9 Å². The molecule has 0 bridgehead atoms. The van der Waals surface area contributed by atoms with Crippen molar-refractivity contribution in [1.29, 1.82) is 0 Å². The molecule has 1 heterocycles. The molecule has 1 aliphatic heterocycles. The number of nitrogens with zero attached hydrogens (tertiary/aromatic N) is 1. The van der Waals surface area contributed by atoms with Crippen LogP contribution in [-0.4, -0.2) is 26.0 Å². The standard InChI is InChI=1S/C21H17Cl2NO4/c1-12-19(21(26)28-3)20(25)18(10-13-4-7-15(27-2)8-5-13)24(12)14-6-9-16(22)17(23)11-14/h4-11H,1-3H3. The number of methoxy groups -OCH3 is 2. The number of allylic oxidation sites excluding steroid dienone is 2. The molecule has 0 saturated heterocycles. The zero-order valence-electron chi connectivity index (χ0n) is 15.5. The van der Waals surface area contributed by atoms with Crippen molar-refractivity contribution in [1.82, 2.24) is 0 Å². The van der Waals surface area contributed by atoms with Crippen LogP contribution in [0.15, 0.2) is 59.4 Å². The molecule has 0 unspecified atom stereocenters. The highest BCUT2D eigenvalue weighted by atomic mass is 35.5. The quantitative estimate of drug-likeness (QED) is 0.403. The topological polar surface area (TPSA) is 55.8 Å². The lowest BCUT2D eigenvalue weighted by atomic mass is 10.1. The first-order valence-corrected chi connectivity index (χ1v) is 9.07. The second-order valence-electron chi connectivity index (χ2n) is 6.02. The van der Waals surface area contributed by atoms with Gasteiger partial charge in [-0.2, -0.15) is 0 Å². The van der Waals surface area contributed by atoms with Gasteiger partial charge in [-0.1, -0.05) is 35.3 Å². The fourth-order valence-electron chi connectivity index (χ4n) is 2.97. The summed E-state index contributed by atoms with van der Waals surface area (Å²) in [4.78, 5) is 26.9. The van der Waals surface area contributed by atoms with Crippen LogP contribution in [-0.2, 0) is 14.3 Å². The maximum atomic E-state index is 13.0. The van der Waals surface area contributed by atoms with Gasteiger partial charge >= 0.3 is 5.97 Å². The van der Waals surface area contributed by atoms with Crippen molar-refractivity contribution in [3.05, 3.63) is 75.0 Å². The highest BCUT2D eigenvalue weighted by molar-refractivity contribution is 6.42. The highest BCUT2D eigenvalue weighted by Crippen LogP contribution is 2.38. The number of ketones is 1. The maximum Gasteiger partial charge on any atom is 0.343 e. The summed E-state index contributed by atoms with van der Waals surface area (Å²) in [5, 5.41) is 0.737. The zero-order chi connectivity index (χ0) is 20.4. The van der Waals surface area contributed by atoms with Crippen LogP contribution in [0.5, 0.6) is 5.75 Å². The van der Waals surface area contributed by atoms with E-state index < -0.39 is 11.8 Å². The van der Waals surface area contributed by atoms with E-state index in [2.05, 4.69) is 0 Å². The fourth-order valence-corrected chi connectivity index (χ4v) is 3.27. The third-order valence-corrected chi connectivity index (χ3v) is 5.11. The Kier molecular flexibility index (Phi) is 5.77. The SMILES string of the molecule is COC(=O)C1=C(C)N(c2ccc(Cl)c(Cl)c2)C(=Cc2ccc(OC)cc2)C1=O. The normalized spacial score (nSPS) is 15.4. The molecular weight excluding hydrogens is 401 g/mol. The molecule has 0 saturated carbocycles. The van der Waals surface area contributed by atoms with Crippen LogP contribution in [0.1, 0.15) is 12.5 Å². The number of anilines is 1. The Morgan fingerprint density at radius 2 is 1.71 bits per heavy atom. The Bertz CT molecular complexity index is 1010. The van der Waals surface area contributed by atoms with Gasteiger partial charge in [0.25, 0.3) is 0 Å². The molecule has 2 aromatic rings. The average Bonchev–Trinajstić information content (AvgIpc) is 2.94. The lowest BCUT2D eigenvalue weighted by Crippen LogP contribution is -2.18. The van der Waals surface area contributed by atoms with E-state index in [1.807, 2.05) is 12.1 Å². The van der Waals surface area contributed by atoms with E-state index in [4.69, 9.17) is 32.7 Å². The molecule has 0 spiro atoms. The first kappa shape index (κ1) is 20.0. The molecule has 2 aromatic carbocycles. The number of carbonyl (C=O) groups excluding carboxylic acids is 2. The molecule has 0 N–H and O–H groups in total. The van der Waals surface area contributed by atoms with Gasteiger partial charge in [0.2, 0.25) is 5.78 Å². The summed E-state index contributed by atoms with van der Waals surface area (Å²) in [6.45, 7) is 1.68. The summed E-state index contributed by atoms with van der Waals surface area (Å²) in [5.74, 6) is -0.414. The van der Waals surface area contributed by atoms with E-state index in [9.17, 15) is 9.59 Å². The van der Waals surface area contributed by atoms with E-state index >= 15 is 0 Å². The van der Waals surface area contributed by atoms with Gasteiger partial charge in [-0.3, -0.25) is 4.79 Å². The van der Waals surface area contributed by atoms with Gasteiger partial charge in [0.05, 0.1) is 30.0 Å². The van der Waals surface area contributed by atoms with Crippen LogP contribution in [0, 0.1) is 0 Å². The summed E-state index contributed by atoms with van der Waals surface area (Å²) in [6.07, 6.45) is 1.70. The number of hydrogen-bond donors (Lipinski definition) is 0. The van der Waals surface area contributed by atoms with Crippen molar-refractivity contribution in [2.24, 2.45) is 0 Å². The minimum Gasteiger partial charge on any atom is -0.497 e. The third-order valence-electron chi connectivity index (χ3n) is 4.37. The number of esters is 1. The summed E-state index contributed by atoms with van der Waals surface area (Å²) in [6, 6.07) is 12.2. The Morgan fingerprint density at radius 1 is 1.04 bits per heavy atom. The van der Waals surface area contributed by atoms with Gasteiger partial charge in [-0.05, 0) is 48.9 Å². The van der Waals surface area contributed by atoms with E-state index in [1.165, 1.54) is 7.11 Å². The van der Waals surface area contributed by atoms with Crippen molar-refractivity contribution < 1.29 is 19.1 Å². The first-order chi connectivity index (χ1) is 13.4. The monoisotopic (exact) mass is 417 g/mol. The second kappa shape index (κ2) is 8.09. The minimum atomic E-state index is -0.689. The molecule has 28 heavy (non-hydrogen) atoms. The minimum absolute atomic E-state index is 0.0201. The molecule has 144 valence electrons. The number of benzene rings is 2. The molecule has 3 rings (SSSR count). The number of halogens is 2. The van der Waals surface area contributed by atoms with Gasteiger partial charge in [0.15, 0.2) is 0 Å². The predicted octanol–water partition coefficient (Wildman–Crippen LogP) is 4.88. The Hall–Kier alpha value is -2.76. The Labute approximate surface area is 172 Å². The van der Waals surface area contributed by atoms with Crippen LogP contribution in [0.3, 0.4) is 0 Å². The Morgan fingerprint density at radius 3 is 2.29 bits per heavy atom. The third kappa shape index (κ3) is 3.63. The Balaban J connectivity index is 2.14. The molecular formula is C21H17Cl2NO4. The van der Waals surface area contributed by atoms with Gasteiger partial charge in [-0.15, -0.1) is 0 Å². The number of Topliss-reactive ketones (excluding diaryl/α,β-unsaturated/α-hetero) is 1. The van der Waals surface area contributed by atoms with Crippen molar-refractivity contribution >= 4 is 46.7 Å². The van der Waals surface area contributed by atoms with Crippen LogP contribution in [0.4, 0.5) is 5.69 Å². The highest BCUT2D eigenvalue weighted by Gasteiger charge is 2.38. The number of carbonyl (C=O) groups is 2. The van der Waals surface area contributed by atoms with Crippen LogP contribution in [0.25, 0.3) is 6.08 Å². The van der Waals surface area contributed by atoms with Gasteiger partial charge < -0.3 is 14.4 Å². The summed E-state index contributed by atoms with van der Waals surface area (Å²) < 4.78 is 9.96. The van der Waals surface area contributed by atoms with Crippen molar-refractivity contribution in [2.75, 3.05) is 19.1 Å². The second-order valence-corrected chi connectivity index (χ2v) is 6.83. The lowest BCUT2D eigenvalue weighted by Gasteiger charge is -2.22. The van der Waals surface area contributed by atoms with Gasteiger partial charge in [0, 0.05) is 11.4 Å². The largest absolute Gasteiger partial charge is 0.497 e. The fraction of sp³-hybridized carbons (Fsp3) is 0.143. The molecule has 0 atom stereocenters. The first-order valence-electron chi connectivity index (χ1n) is 8.32. The molecule has 0 aromatic heterocycles. The van der Waals surface area contributed by atoms with E-state index in [-0.39, 0.29) is 5.57 Å². The van der Waals surface area contributed by atoms with Crippen LogP contribution in [0.2, 0.25) is 10.0 Å².